The normalized spacial score (nSPS) is 12.0. The van der Waals surface area contributed by atoms with Crippen LogP contribution in [0.5, 0.6) is 0 Å². The average Bonchev–Trinajstić information content (AvgIpc) is 2.36. The van der Waals surface area contributed by atoms with Gasteiger partial charge in [0.1, 0.15) is 5.69 Å². The first kappa shape index (κ1) is 15.9. The lowest BCUT2D eigenvalue weighted by atomic mass is 10.0. The van der Waals surface area contributed by atoms with Gasteiger partial charge in [-0.15, -0.1) is 0 Å². The van der Waals surface area contributed by atoms with Gasteiger partial charge in [0.25, 0.3) is 0 Å². The van der Waals surface area contributed by atoms with Gasteiger partial charge in [0.2, 0.25) is 0 Å². The SMILES string of the molecule is CC(C)CCC(C)NC(=O)Nc1ccc(C(=O)O)nc1. The number of nitrogens with zero attached hydrogens (tertiary/aromatic N) is 1. The molecule has 1 heterocycles. The van der Waals surface area contributed by atoms with Crippen molar-refractivity contribution in [2.24, 2.45) is 5.92 Å². The van der Waals surface area contributed by atoms with Crippen LogP contribution in [0.4, 0.5) is 10.5 Å². The summed E-state index contributed by atoms with van der Waals surface area (Å²) in [5, 5.41) is 14.2. The Hall–Kier alpha value is -2.11. The van der Waals surface area contributed by atoms with Crippen molar-refractivity contribution >= 4 is 17.7 Å². The average molecular weight is 279 g/mol. The summed E-state index contributed by atoms with van der Waals surface area (Å²) in [4.78, 5) is 26.1. The van der Waals surface area contributed by atoms with Crippen LogP contribution in [-0.4, -0.2) is 28.1 Å². The zero-order valence-electron chi connectivity index (χ0n) is 12.0. The first-order valence-corrected chi connectivity index (χ1v) is 6.65. The number of pyridine rings is 1. The first-order valence-electron chi connectivity index (χ1n) is 6.65. The molecule has 3 N–H and O–H groups in total. The minimum absolute atomic E-state index is 0.0544. The van der Waals surface area contributed by atoms with Gasteiger partial charge in [-0.2, -0.15) is 0 Å². The number of carbonyl (C=O) groups is 2. The maximum Gasteiger partial charge on any atom is 0.354 e. The Kier molecular flexibility index (Phi) is 5.96. The fourth-order valence-corrected chi connectivity index (χ4v) is 1.64. The molecule has 0 fully saturated rings. The van der Waals surface area contributed by atoms with Crippen molar-refractivity contribution in [3.8, 4) is 0 Å². The number of amides is 2. The summed E-state index contributed by atoms with van der Waals surface area (Å²) >= 11 is 0. The number of hydrogen-bond donors (Lipinski definition) is 3. The summed E-state index contributed by atoms with van der Waals surface area (Å²) in [6.45, 7) is 6.23. The number of carbonyl (C=O) groups excluding carboxylic acids is 1. The highest BCUT2D eigenvalue weighted by Crippen LogP contribution is 2.08. The molecule has 0 radical (unpaired) electrons. The molecule has 1 rings (SSSR count). The van der Waals surface area contributed by atoms with Crippen LogP contribution in [0.15, 0.2) is 18.3 Å². The Morgan fingerprint density at radius 2 is 1.95 bits per heavy atom. The molecule has 1 atom stereocenters. The van der Waals surface area contributed by atoms with Crippen molar-refractivity contribution < 1.29 is 14.7 Å². The molecule has 0 spiro atoms. The molecule has 0 saturated heterocycles. The van der Waals surface area contributed by atoms with Crippen LogP contribution < -0.4 is 10.6 Å². The van der Waals surface area contributed by atoms with Crippen LogP contribution in [0.2, 0.25) is 0 Å². The van der Waals surface area contributed by atoms with E-state index in [1.807, 2.05) is 6.92 Å². The summed E-state index contributed by atoms with van der Waals surface area (Å²) < 4.78 is 0. The highest BCUT2D eigenvalue weighted by Gasteiger charge is 2.09. The van der Waals surface area contributed by atoms with Gasteiger partial charge in [-0.05, 0) is 37.8 Å². The monoisotopic (exact) mass is 279 g/mol. The van der Waals surface area contributed by atoms with Gasteiger partial charge < -0.3 is 15.7 Å². The maximum atomic E-state index is 11.7. The molecule has 1 aromatic heterocycles. The summed E-state index contributed by atoms with van der Waals surface area (Å²) in [6, 6.07) is 2.63. The maximum absolute atomic E-state index is 11.7. The molecule has 0 aliphatic rings. The van der Waals surface area contributed by atoms with Crippen molar-refractivity contribution in [3.63, 3.8) is 0 Å². The van der Waals surface area contributed by atoms with Crippen LogP contribution in [0.1, 0.15) is 44.1 Å². The summed E-state index contributed by atoms with van der Waals surface area (Å²) in [5.74, 6) is -0.488. The van der Waals surface area contributed by atoms with Gasteiger partial charge in [0.15, 0.2) is 0 Å². The number of hydrogen-bond acceptors (Lipinski definition) is 3. The minimum atomic E-state index is -1.09. The van der Waals surface area contributed by atoms with Crippen LogP contribution in [0, 0.1) is 5.92 Å². The van der Waals surface area contributed by atoms with E-state index in [1.165, 1.54) is 18.3 Å². The molecule has 1 unspecified atom stereocenters. The molecule has 0 bridgehead atoms. The zero-order valence-corrected chi connectivity index (χ0v) is 12.0. The zero-order chi connectivity index (χ0) is 15.1. The van der Waals surface area contributed by atoms with Crippen LogP contribution in [-0.2, 0) is 0 Å². The highest BCUT2D eigenvalue weighted by molar-refractivity contribution is 5.90. The van der Waals surface area contributed by atoms with E-state index in [9.17, 15) is 9.59 Å². The summed E-state index contributed by atoms with van der Waals surface area (Å²) in [6.07, 6.45) is 3.29. The summed E-state index contributed by atoms with van der Waals surface area (Å²) in [5.41, 5.74) is 0.407. The van der Waals surface area contributed by atoms with Crippen LogP contribution >= 0.6 is 0 Å². The Balaban J connectivity index is 2.43. The van der Waals surface area contributed by atoms with E-state index < -0.39 is 5.97 Å². The molecule has 0 aromatic carbocycles. The Labute approximate surface area is 118 Å². The largest absolute Gasteiger partial charge is 0.477 e. The molecular formula is C14H21N3O3. The van der Waals surface area contributed by atoms with E-state index in [1.54, 1.807) is 0 Å². The van der Waals surface area contributed by atoms with Gasteiger partial charge in [0.05, 0.1) is 11.9 Å². The molecule has 0 aliphatic heterocycles. The lowest BCUT2D eigenvalue weighted by Crippen LogP contribution is -2.36. The highest BCUT2D eigenvalue weighted by atomic mass is 16.4. The smallest absolute Gasteiger partial charge is 0.354 e. The Bertz CT molecular complexity index is 457. The fraction of sp³-hybridized carbons (Fsp3) is 0.500. The Morgan fingerprint density at radius 1 is 1.25 bits per heavy atom. The lowest BCUT2D eigenvalue weighted by Gasteiger charge is -2.15. The van der Waals surface area contributed by atoms with Gasteiger partial charge in [-0.25, -0.2) is 14.6 Å². The van der Waals surface area contributed by atoms with Crippen LogP contribution in [0.25, 0.3) is 0 Å². The molecule has 0 aliphatic carbocycles. The predicted octanol–water partition coefficient (Wildman–Crippen LogP) is 2.73. The van der Waals surface area contributed by atoms with Crippen molar-refractivity contribution in [3.05, 3.63) is 24.0 Å². The number of carboxylic acid groups (broad SMARTS) is 1. The molecule has 110 valence electrons. The van der Waals surface area contributed by atoms with Crippen molar-refractivity contribution in [2.45, 2.75) is 39.7 Å². The topological polar surface area (TPSA) is 91.3 Å². The third-order valence-corrected chi connectivity index (χ3v) is 2.79. The molecular weight excluding hydrogens is 258 g/mol. The second kappa shape index (κ2) is 7.47. The second-order valence-electron chi connectivity index (χ2n) is 5.21. The molecule has 1 aromatic rings. The molecule has 6 heteroatoms. The Morgan fingerprint density at radius 3 is 2.45 bits per heavy atom. The van der Waals surface area contributed by atoms with E-state index in [2.05, 4.69) is 29.5 Å². The molecule has 6 nitrogen and oxygen atoms in total. The minimum Gasteiger partial charge on any atom is -0.477 e. The number of aromatic carboxylic acids is 1. The first-order chi connectivity index (χ1) is 9.38. The standard InChI is InChI=1S/C14H21N3O3/c1-9(2)4-5-10(3)16-14(20)17-11-6-7-12(13(18)19)15-8-11/h6-10H,4-5H2,1-3H3,(H,18,19)(H2,16,17,20). The van der Waals surface area contributed by atoms with Gasteiger partial charge in [-0.3, -0.25) is 0 Å². The van der Waals surface area contributed by atoms with E-state index >= 15 is 0 Å². The third kappa shape index (κ3) is 5.69. The molecule has 20 heavy (non-hydrogen) atoms. The lowest BCUT2D eigenvalue weighted by molar-refractivity contribution is 0.0690. The number of nitrogens with one attached hydrogen (secondary N) is 2. The second-order valence-corrected chi connectivity index (χ2v) is 5.21. The number of carboxylic acids is 1. The van der Waals surface area contributed by atoms with Gasteiger partial charge in [-0.1, -0.05) is 13.8 Å². The van der Waals surface area contributed by atoms with E-state index in [0.29, 0.717) is 11.6 Å². The third-order valence-electron chi connectivity index (χ3n) is 2.79. The van der Waals surface area contributed by atoms with E-state index in [4.69, 9.17) is 5.11 Å². The number of anilines is 1. The predicted molar refractivity (Wildman–Crippen MR) is 76.9 cm³/mol. The molecule has 0 saturated carbocycles. The van der Waals surface area contributed by atoms with Crippen molar-refractivity contribution in [2.75, 3.05) is 5.32 Å². The van der Waals surface area contributed by atoms with E-state index in [0.717, 1.165) is 12.8 Å². The van der Waals surface area contributed by atoms with E-state index in [-0.39, 0.29) is 17.8 Å². The number of urea groups is 1. The number of rotatable bonds is 6. The van der Waals surface area contributed by atoms with Crippen molar-refractivity contribution in [1.82, 2.24) is 10.3 Å². The van der Waals surface area contributed by atoms with Crippen molar-refractivity contribution in [1.29, 1.82) is 0 Å². The van der Waals surface area contributed by atoms with Gasteiger partial charge >= 0.3 is 12.0 Å². The quantitative estimate of drug-likeness (QED) is 0.746. The molecule has 2 amide bonds. The fourth-order valence-electron chi connectivity index (χ4n) is 1.64. The number of aromatic nitrogens is 1. The van der Waals surface area contributed by atoms with Crippen LogP contribution in [0.3, 0.4) is 0 Å². The summed E-state index contributed by atoms with van der Waals surface area (Å²) in [7, 11) is 0. The van der Waals surface area contributed by atoms with Gasteiger partial charge in [0, 0.05) is 6.04 Å².